The normalized spacial score (nSPS) is 28.0. The fourth-order valence-electron chi connectivity index (χ4n) is 5.02. The van der Waals surface area contributed by atoms with E-state index in [9.17, 15) is 0 Å². The third-order valence-electron chi connectivity index (χ3n) is 6.58. The van der Waals surface area contributed by atoms with E-state index in [2.05, 4.69) is 21.0 Å². The van der Waals surface area contributed by atoms with Crippen molar-refractivity contribution < 1.29 is 18.9 Å². The summed E-state index contributed by atoms with van der Waals surface area (Å²) in [5.41, 5.74) is 1.80. The molecule has 2 saturated heterocycles. The summed E-state index contributed by atoms with van der Waals surface area (Å²) >= 11 is 6.27. The molecule has 0 spiro atoms. The van der Waals surface area contributed by atoms with Crippen LogP contribution in [-0.2, 0) is 14.2 Å². The lowest BCUT2D eigenvalue weighted by Crippen LogP contribution is -2.46. The number of aryl methyl sites for hydroxylation is 1. The van der Waals surface area contributed by atoms with Crippen LogP contribution in [0.5, 0.6) is 5.75 Å². The van der Waals surface area contributed by atoms with Gasteiger partial charge < -0.3 is 23.5 Å². The molecule has 1 aromatic carbocycles. The number of hydrogen-bond acceptors (Lipinski definition) is 7. The lowest BCUT2D eigenvalue weighted by Gasteiger charge is -2.29. The molecule has 0 N–H and O–H groups in total. The molecule has 2 aliphatic rings. The Hall–Kier alpha value is -2.78. The molecule has 2 fully saturated rings. The summed E-state index contributed by atoms with van der Waals surface area (Å²) in [6.07, 6.45) is 2.11. The maximum absolute atomic E-state index is 6.51. The highest BCUT2D eigenvalue weighted by Gasteiger charge is 2.64. The van der Waals surface area contributed by atoms with Crippen LogP contribution in [0.25, 0.3) is 21.9 Å². The number of halogens is 1. The van der Waals surface area contributed by atoms with Crippen molar-refractivity contribution in [2.45, 2.75) is 57.5 Å². The summed E-state index contributed by atoms with van der Waals surface area (Å²) in [5, 5.41) is 2.22. The molecule has 0 aliphatic carbocycles. The van der Waals surface area contributed by atoms with Crippen LogP contribution in [0, 0.1) is 6.92 Å². The molecule has 0 amide bonds. The van der Waals surface area contributed by atoms with E-state index in [1.165, 1.54) is 6.33 Å². The fourth-order valence-corrected chi connectivity index (χ4v) is 5.21. The van der Waals surface area contributed by atoms with E-state index in [-0.39, 0.29) is 18.8 Å². The molecule has 0 saturated carbocycles. The van der Waals surface area contributed by atoms with Crippen LogP contribution in [0.3, 0.4) is 0 Å². The molecular weight excluding hydrogens is 456 g/mol. The van der Waals surface area contributed by atoms with Crippen LogP contribution in [0.2, 0.25) is 5.15 Å². The number of ether oxygens (including phenoxy) is 4. The minimum atomic E-state index is -0.764. The first kappa shape index (κ1) is 21.7. The Bertz CT molecular complexity index is 1410. The van der Waals surface area contributed by atoms with Crippen LogP contribution in [0.4, 0.5) is 0 Å². The van der Waals surface area contributed by atoms with Crippen molar-refractivity contribution in [1.29, 1.82) is 0 Å². The number of fused-ring (bicyclic) bond motifs is 3. The maximum Gasteiger partial charge on any atom is 0.165 e. The highest BCUT2D eigenvalue weighted by atomic mass is 35.5. The highest BCUT2D eigenvalue weighted by Crippen LogP contribution is 2.50. The largest absolute Gasteiger partial charge is 0.491 e. The van der Waals surface area contributed by atoms with Gasteiger partial charge in [0.05, 0.1) is 10.9 Å². The fraction of sp³-hybridized carbons (Fsp3) is 0.400. The van der Waals surface area contributed by atoms with Crippen molar-refractivity contribution >= 4 is 33.5 Å². The van der Waals surface area contributed by atoms with Crippen molar-refractivity contribution in [3.05, 3.63) is 59.8 Å². The monoisotopic (exact) mass is 480 g/mol. The number of hydrogen-bond donors (Lipinski definition) is 0. The van der Waals surface area contributed by atoms with Crippen molar-refractivity contribution in [2.24, 2.45) is 0 Å². The molecule has 0 radical (unpaired) electrons. The van der Waals surface area contributed by atoms with E-state index in [1.54, 1.807) is 0 Å². The zero-order chi connectivity index (χ0) is 23.7. The van der Waals surface area contributed by atoms with Gasteiger partial charge in [-0.3, -0.25) is 4.98 Å². The molecule has 34 heavy (non-hydrogen) atoms. The molecule has 176 valence electrons. The number of pyridine rings is 1. The predicted octanol–water partition coefficient (Wildman–Crippen LogP) is 4.83. The van der Waals surface area contributed by atoms with Crippen molar-refractivity contribution in [2.75, 3.05) is 6.61 Å². The average molecular weight is 481 g/mol. The Morgan fingerprint density at radius 3 is 2.79 bits per heavy atom. The van der Waals surface area contributed by atoms with Gasteiger partial charge >= 0.3 is 0 Å². The van der Waals surface area contributed by atoms with Gasteiger partial charge in [0.25, 0.3) is 0 Å². The Morgan fingerprint density at radius 1 is 1.12 bits per heavy atom. The van der Waals surface area contributed by atoms with Gasteiger partial charge in [0, 0.05) is 23.3 Å². The molecule has 9 heteroatoms. The summed E-state index contributed by atoms with van der Waals surface area (Å²) in [6.45, 7) is 8.10. The first-order valence-corrected chi connectivity index (χ1v) is 11.6. The van der Waals surface area contributed by atoms with E-state index in [4.69, 9.17) is 30.5 Å². The average Bonchev–Trinajstić information content (AvgIpc) is 3.40. The van der Waals surface area contributed by atoms with Crippen LogP contribution < -0.4 is 4.74 Å². The van der Waals surface area contributed by atoms with Gasteiger partial charge in [-0.25, -0.2) is 9.97 Å². The number of rotatable bonds is 4. The van der Waals surface area contributed by atoms with Gasteiger partial charge in [0.15, 0.2) is 12.0 Å². The second kappa shape index (κ2) is 7.61. The predicted molar refractivity (Wildman–Crippen MR) is 127 cm³/mol. The Kier molecular flexibility index (Phi) is 4.87. The molecule has 4 aromatic rings. The van der Waals surface area contributed by atoms with Crippen LogP contribution in [0.1, 0.15) is 32.7 Å². The summed E-state index contributed by atoms with van der Waals surface area (Å²) < 4.78 is 27.4. The van der Waals surface area contributed by atoms with E-state index in [0.717, 1.165) is 27.7 Å². The smallest absolute Gasteiger partial charge is 0.165 e. The molecular formula is C25H25ClN4O4. The minimum absolute atomic E-state index is 0.287. The zero-order valence-corrected chi connectivity index (χ0v) is 20.1. The van der Waals surface area contributed by atoms with Crippen molar-refractivity contribution in [3.8, 4) is 5.75 Å². The standard InChI is InChI=1S/C25H25ClN4O4/c1-14-5-6-15-7-8-16(11-18(15)29-14)31-12-19-25(4)20(33-24(2,3)34-25)23(32-19)30-10-9-17-21(26)27-13-28-22(17)30/h5-11,13,19-20,23H,12H2,1-4H3/t19-,20+,23-,25-/m1/s1. The van der Waals surface area contributed by atoms with Gasteiger partial charge in [0.2, 0.25) is 0 Å². The van der Waals surface area contributed by atoms with Gasteiger partial charge in [-0.05, 0) is 52.0 Å². The van der Waals surface area contributed by atoms with Crippen LogP contribution in [-0.4, -0.2) is 49.7 Å². The third kappa shape index (κ3) is 3.44. The van der Waals surface area contributed by atoms with Gasteiger partial charge in [0.1, 0.15) is 47.3 Å². The lowest BCUT2D eigenvalue weighted by molar-refractivity contribution is -0.213. The molecule has 3 aromatic heterocycles. The van der Waals surface area contributed by atoms with Gasteiger partial charge in [-0.1, -0.05) is 17.7 Å². The minimum Gasteiger partial charge on any atom is -0.491 e. The number of benzene rings is 1. The number of aromatic nitrogens is 4. The molecule has 6 rings (SSSR count). The Balaban J connectivity index is 1.31. The second-order valence-corrected chi connectivity index (χ2v) is 9.84. The van der Waals surface area contributed by atoms with Crippen molar-refractivity contribution in [1.82, 2.24) is 19.5 Å². The molecule has 0 bridgehead atoms. The zero-order valence-electron chi connectivity index (χ0n) is 19.4. The topological polar surface area (TPSA) is 80.5 Å². The van der Waals surface area contributed by atoms with Crippen LogP contribution >= 0.6 is 11.6 Å². The molecule has 4 atom stereocenters. The maximum atomic E-state index is 6.51. The molecule has 0 unspecified atom stereocenters. The second-order valence-electron chi connectivity index (χ2n) is 9.48. The van der Waals surface area contributed by atoms with Gasteiger partial charge in [-0.15, -0.1) is 0 Å². The molecule has 2 aliphatic heterocycles. The summed E-state index contributed by atoms with van der Waals surface area (Å²) in [5.74, 6) is -0.0402. The lowest BCUT2D eigenvalue weighted by atomic mass is 9.95. The first-order chi connectivity index (χ1) is 16.2. The highest BCUT2D eigenvalue weighted by molar-refractivity contribution is 6.33. The molecule has 8 nitrogen and oxygen atoms in total. The number of nitrogens with zero attached hydrogens (tertiary/aromatic N) is 4. The van der Waals surface area contributed by atoms with E-state index < -0.39 is 17.6 Å². The van der Waals surface area contributed by atoms with E-state index in [1.807, 2.05) is 68.8 Å². The SMILES string of the molecule is Cc1ccc2ccc(OC[C@H]3O[C@@H](n4ccc5c(Cl)ncnc54)[C@@H]4OC(C)(C)O[C@]34C)cc2n1. The molecule has 5 heterocycles. The quantitative estimate of drug-likeness (QED) is 0.387. The first-order valence-electron chi connectivity index (χ1n) is 11.2. The Labute approximate surface area is 201 Å². The van der Waals surface area contributed by atoms with E-state index in [0.29, 0.717) is 10.8 Å². The Morgan fingerprint density at radius 2 is 1.94 bits per heavy atom. The summed E-state index contributed by atoms with van der Waals surface area (Å²) in [6, 6.07) is 11.8. The summed E-state index contributed by atoms with van der Waals surface area (Å²) in [4.78, 5) is 13.1. The third-order valence-corrected chi connectivity index (χ3v) is 6.88. The van der Waals surface area contributed by atoms with Gasteiger partial charge in [-0.2, -0.15) is 0 Å². The summed E-state index contributed by atoms with van der Waals surface area (Å²) in [7, 11) is 0. The van der Waals surface area contributed by atoms with Crippen LogP contribution in [0.15, 0.2) is 48.9 Å². The van der Waals surface area contributed by atoms with Crippen molar-refractivity contribution in [3.63, 3.8) is 0 Å². The van der Waals surface area contributed by atoms with E-state index >= 15 is 0 Å².